The molecule has 0 aliphatic carbocycles. The summed E-state index contributed by atoms with van der Waals surface area (Å²) in [5.74, 6) is 0.126. The minimum Gasteiger partial charge on any atom is -0.352 e. The normalized spacial score (nSPS) is 11.9. The van der Waals surface area contributed by atoms with Crippen LogP contribution in [0.3, 0.4) is 0 Å². The van der Waals surface area contributed by atoms with Crippen molar-refractivity contribution in [2.24, 2.45) is 5.92 Å². The van der Waals surface area contributed by atoms with Gasteiger partial charge in [-0.1, -0.05) is 60.7 Å². The lowest BCUT2D eigenvalue weighted by molar-refractivity contribution is -0.673. The van der Waals surface area contributed by atoms with Crippen molar-refractivity contribution in [3.63, 3.8) is 0 Å². The zero-order valence-electron chi connectivity index (χ0n) is 12.5. The number of nitrogens with two attached hydrogens (primary N) is 1. The monoisotopic (exact) mass is 283 g/mol. The van der Waals surface area contributed by atoms with Crippen LogP contribution in [0.4, 0.5) is 0 Å². The van der Waals surface area contributed by atoms with Crippen molar-refractivity contribution in [3.05, 3.63) is 71.8 Å². The Bertz CT molecular complexity index is 540. The van der Waals surface area contributed by atoms with Gasteiger partial charge in [0.05, 0.1) is 12.5 Å². The van der Waals surface area contributed by atoms with Crippen LogP contribution in [-0.4, -0.2) is 12.5 Å². The third-order valence-corrected chi connectivity index (χ3v) is 3.50. The summed E-state index contributed by atoms with van der Waals surface area (Å²) < 4.78 is 0. The van der Waals surface area contributed by atoms with E-state index >= 15 is 0 Å². The van der Waals surface area contributed by atoms with Crippen molar-refractivity contribution >= 4 is 5.91 Å². The molecule has 0 bridgehead atoms. The number of carbonyl (C=O) groups excluding carboxylic acids is 1. The second-order valence-electron chi connectivity index (χ2n) is 5.32. The number of hydrogen-bond donors (Lipinski definition) is 2. The highest BCUT2D eigenvalue weighted by Gasteiger charge is 2.14. The van der Waals surface area contributed by atoms with Gasteiger partial charge in [0.2, 0.25) is 5.91 Å². The molecule has 0 aromatic heterocycles. The van der Waals surface area contributed by atoms with Crippen LogP contribution >= 0.6 is 0 Å². The van der Waals surface area contributed by atoms with Gasteiger partial charge < -0.3 is 10.6 Å². The first-order chi connectivity index (χ1) is 10.3. The number of rotatable bonds is 7. The summed E-state index contributed by atoms with van der Waals surface area (Å²) >= 11 is 0. The van der Waals surface area contributed by atoms with Gasteiger partial charge in [-0.2, -0.15) is 0 Å². The van der Waals surface area contributed by atoms with Gasteiger partial charge in [-0.25, -0.2) is 0 Å². The van der Waals surface area contributed by atoms with Crippen molar-refractivity contribution < 1.29 is 10.1 Å². The third kappa shape index (κ3) is 5.40. The van der Waals surface area contributed by atoms with Gasteiger partial charge >= 0.3 is 0 Å². The summed E-state index contributed by atoms with van der Waals surface area (Å²) in [4.78, 5) is 12.0. The number of nitrogens with one attached hydrogen (secondary N) is 1. The van der Waals surface area contributed by atoms with E-state index in [2.05, 4.69) is 22.8 Å². The van der Waals surface area contributed by atoms with Crippen molar-refractivity contribution in [3.8, 4) is 0 Å². The Labute approximate surface area is 126 Å². The maximum absolute atomic E-state index is 12.0. The molecule has 0 aliphatic heterocycles. The second-order valence-corrected chi connectivity index (χ2v) is 5.32. The fraction of sp³-hybridized carbons (Fsp3) is 0.278. The molecule has 2 aromatic rings. The molecule has 0 unspecified atom stereocenters. The first-order valence-electron chi connectivity index (χ1n) is 7.43. The average molecular weight is 283 g/mol. The summed E-state index contributed by atoms with van der Waals surface area (Å²) in [7, 11) is 0. The Morgan fingerprint density at radius 2 is 1.57 bits per heavy atom. The number of carbonyl (C=O) groups is 1. The molecule has 0 radical (unpaired) electrons. The fourth-order valence-electron chi connectivity index (χ4n) is 2.18. The molecule has 3 nitrogen and oxygen atoms in total. The quantitative estimate of drug-likeness (QED) is 0.798. The van der Waals surface area contributed by atoms with Gasteiger partial charge in [-0.05, 0) is 12.5 Å². The maximum Gasteiger partial charge on any atom is 0.228 e. The molecule has 21 heavy (non-hydrogen) atoms. The van der Waals surface area contributed by atoms with Gasteiger partial charge in [-0.15, -0.1) is 0 Å². The molecule has 3 N–H and O–H groups in total. The molecular formula is C18H23N2O+. The molecule has 2 rings (SSSR count). The standard InChI is InChI=1S/C18H22N2O/c1-15(12-19-13-16-8-4-2-5-9-16)18(21)20-14-17-10-6-3-7-11-17/h2-11,15,19H,12-14H2,1H3,(H,20,21)/p+1/t15-/m1/s1. The zero-order chi connectivity index (χ0) is 14.9. The van der Waals surface area contributed by atoms with Crippen LogP contribution in [0.25, 0.3) is 0 Å². The molecule has 0 aliphatic rings. The van der Waals surface area contributed by atoms with Crippen LogP contribution in [0.1, 0.15) is 18.1 Å². The highest BCUT2D eigenvalue weighted by Crippen LogP contribution is 1.99. The van der Waals surface area contributed by atoms with Gasteiger partial charge in [0.15, 0.2) is 0 Å². The van der Waals surface area contributed by atoms with Crippen molar-refractivity contribution in [1.29, 1.82) is 0 Å². The Kier molecular flexibility index (Phi) is 5.98. The molecule has 0 heterocycles. The Balaban J connectivity index is 1.68. The Hall–Kier alpha value is -2.13. The van der Waals surface area contributed by atoms with Crippen LogP contribution in [0.2, 0.25) is 0 Å². The van der Waals surface area contributed by atoms with E-state index in [1.165, 1.54) is 5.56 Å². The molecule has 0 saturated heterocycles. The summed E-state index contributed by atoms with van der Waals surface area (Å²) in [6.45, 7) is 4.29. The smallest absolute Gasteiger partial charge is 0.228 e. The molecular weight excluding hydrogens is 260 g/mol. The van der Waals surface area contributed by atoms with Crippen LogP contribution < -0.4 is 10.6 Å². The lowest BCUT2D eigenvalue weighted by Gasteiger charge is -2.11. The Morgan fingerprint density at radius 1 is 1.00 bits per heavy atom. The highest BCUT2D eigenvalue weighted by atomic mass is 16.1. The largest absolute Gasteiger partial charge is 0.352 e. The zero-order valence-corrected chi connectivity index (χ0v) is 12.5. The van der Waals surface area contributed by atoms with Gasteiger partial charge in [-0.3, -0.25) is 4.79 Å². The van der Waals surface area contributed by atoms with Gasteiger partial charge in [0.25, 0.3) is 0 Å². The summed E-state index contributed by atoms with van der Waals surface area (Å²) in [5.41, 5.74) is 2.42. The third-order valence-electron chi connectivity index (χ3n) is 3.50. The fourth-order valence-corrected chi connectivity index (χ4v) is 2.18. The number of hydrogen-bond acceptors (Lipinski definition) is 1. The molecule has 2 aromatic carbocycles. The lowest BCUT2D eigenvalue weighted by atomic mass is 10.1. The van der Waals surface area contributed by atoms with Crippen molar-refractivity contribution in [2.45, 2.75) is 20.0 Å². The molecule has 110 valence electrons. The SMILES string of the molecule is C[C@H](C[NH2+]Cc1ccccc1)C(=O)NCc1ccccc1. The van der Waals surface area contributed by atoms with Crippen molar-refractivity contribution in [1.82, 2.24) is 5.32 Å². The van der Waals surface area contributed by atoms with E-state index in [-0.39, 0.29) is 11.8 Å². The predicted octanol–water partition coefficient (Wildman–Crippen LogP) is 1.70. The molecule has 1 atom stereocenters. The number of quaternary nitrogens is 1. The molecule has 0 saturated carbocycles. The van der Waals surface area contributed by atoms with E-state index < -0.39 is 0 Å². The van der Waals surface area contributed by atoms with Gasteiger partial charge in [0.1, 0.15) is 6.54 Å². The minimum atomic E-state index is 0.0115. The summed E-state index contributed by atoms with van der Waals surface area (Å²) in [6.07, 6.45) is 0. The first-order valence-corrected chi connectivity index (χ1v) is 7.43. The van der Waals surface area contributed by atoms with E-state index in [0.29, 0.717) is 6.54 Å². The lowest BCUT2D eigenvalue weighted by Crippen LogP contribution is -2.84. The van der Waals surface area contributed by atoms with Crippen LogP contribution in [-0.2, 0) is 17.9 Å². The second kappa shape index (κ2) is 8.22. The number of amides is 1. The molecule has 1 amide bonds. The molecule has 3 heteroatoms. The minimum absolute atomic E-state index is 0.0115. The summed E-state index contributed by atoms with van der Waals surface area (Å²) in [6, 6.07) is 20.3. The van der Waals surface area contributed by atoms with E-state index in [4.69, 9.17) is 0 Å². The number of benzene rings is 2. The Morgan fingerprint density at radius 3 is 2.19 bits per heavy atom. The van der Waals surface area contributed by atoms with E-state index in [1.807, 2.05) is 55.5 Å². The first kappa shape index (κ1) is 15.3. The van der Waals surface area contributed by atoms with Gasteiger partial charge in [0, 0.05) is 12.1 Å². The molecule has 0 fully saturated rings. The van der Waals surface area contributed by atoms with E-state index in [1.54, 1.807) is 0 Å². The summed E-state index contributed by atoms with van der Waals surface area (Å²) in [5, 5.41) is 5.17. The topological polar surface area (TPSA) is 45.7 Å². The van der Waals surface area contributed by atoms with E-state index in [0.717, 1.165) is 18.7 Å². The van der Waals surface area contributed by atoms with Crippen LogP contribution in [0.15, 0.2) is 60.7 Å². The highest BCUT2D eigenvalue weighted by molar-refractivity contribution is 5.78. The average Bonchev–Trinajstić information content (AvgIpc) is 2.54. The maximum atomic E-state index is 12.0. The molecule has 0 spiro atoms. The van der Waals surface area contributed by atoms with Crippen LogP contribution in [0, 0.1) is 5.92 Å². The predicted molar refractivity (Wildman–Crippen MR) is 84.4 cm³/mol. The van der Waals surface area contributed by atoms with E-state index in [9.17, 15) is 4.79 Å². The van der Waals surface area contributed by atoms with Crippen molar-refractivity contribution in [2.75, 3.05) is 6.54 Å². The van der Waals surface area contributed by atoms with Crippen LogP contribution in [0.5, 0.6) is 0 Å².